The summed E-state index contributed by atoms with van der Waals surface area (Å²) in [6.45, 7) is 0. The number of thiocarbonyl (C=S) groups is 1. The summed E-state index contributed by atoms with van der Waals surface area (Å²) in [5.74, 6) is -0.148. The molecule has 7 nitrogen and oxygen atoms in total. The molecular formula is C28H22ClN5O2S. The Morgan fingerprint density at radius 2 is 1.54 bits per heavy atom. The predicted octanol–water partition coefficient (Wildman–Crippen LogP) is 5.73. The van der Waals surface area contributed by atoms with E-state index in [1.807, 2.05) is 84.9 Å². The second-order valence-electron chi connectivity index (χ2n) is 8.21. The molecule has 0 atom stereocenters. The summed E-state index contributed by atoms with van der Waals surface area (Å²) in [6, 6.07) is 30.0. The number of benzene rings is 4. The number of rotatable bonds is 6. The molecule has 5 aromatic rings. The van der Waals surface area contributed by atoms with Gasteiger partial charge in [0.05, 0.1) is 23.7 Å². The van der Waals surface area contributed by atoms with Crippen molar-refractivity contribution in [3.05, 3.63) is 113 Å². The van der Waals surface area contributed by atoms with Gasteiger partial charge in [-0.1, -0.05) is 72.3 Å². The molecule has 37 heavy (non-hydrogen) atoms. The third-order valence-electron chi connectivity index (χ3n) is 5.77. The van der Waals surface area contributed by atoms with Crippen molar-refractivity contribution < 1.29 is 9.53 Å². The van der Waals surface area contributed by atoms with Crippen LogP contribution in [0.4, 0.5) is 5.69 Å². The van der Waals surface area contributed by atoms with E-state index in [0.29, 0.717) is 33.2 Å². The van der Waals surface area contributed by atoms with E-state index in [0.717, 1.165) is 11.1 Å². The van der Waals surface area contributed by atoms with Gasteiger partial charge in [-0.25, -0.2) is 0 Å². The summed E-state index contributed by atoms with van der Waals surface area (Å²) >= 11 is 11.7. The molecule has 0 aliphatic carbocycles. The second kappa shape index (κ2) is 10.8. The first-order valence-electron chi connectivity index (χ1n) is 11.4. The number of amides is 1. The number of halogens is 1. The number of fused-ring (bicyclic) bond motifs is 1. The maximum atomic E-state index is 13.3. The number of nitrogens with zero attached hydrogens (tertiary/aromatic N) is 3. The van der Waals surface area contributed by atoms with E-state index in [2.05, 4.69) is 20.8 Å². The number of anilines is 1. The van der Waals surface area contributed by atoms with E-state index < -0.39 is 5.92 Å². The van der Waals surface area contributed by atoms with Crippen LogP contribution < -0.4 is 15.4 Å². The Bertz CT molecular complexity index is 1530. The molecule has 0 saturated heterocycles. The minimum atomic E-state index is -0.499. The Labute approximate surface area is 224 Å². The predicted molar refractivity (Wildman–Crippen MR) is 150 cm³/mol. The standard InChI is InChI=1S/C28H22ClN5O2S/c1-36-25-15-13-21(17-22(25)29)34-32-23-14-12-20(16-24(23)33-34)30-28(37)31-27(35)26(18-8-4-2-5-9-18)19-10-6-3-7-11-19/h2-17,26H,1H3,(H2,30,31,35,37). The number of hydrogen-bond acceptors (Lipinski definition) is 5. The lowest BCUT2D eigenvalue weighted by molar-refractivity contribution is -0.120. The molecule has 0 unspecified atom stereocenters. The van der Waals surface area contributed by atoms with Gasteiger partial charge in [-0.15, -0.1) is 10.2 Å². The molecule has 0 aliphatic heterocycles. The summed E-state index contributed by atoms with van der Waals surface area (Å²) in [7, 11) is 1.56. The number of methoxy groups -OCH3 is 1. The van der Waals surface area contributed by atoms with Crippen molar-refractivity contribution in [1.82, 2.24) is 20.3 Å². The van der Waals surface area contributed by atoms with Crippen molar-refractivity contribution in [3.63, 3.8) is 0 Å². The molecule has 1 aromatic heterocycles. The molecule has 0 saturated carbocycles. The SMILES string of the molecule is COc1ccc(-n2nc3ccc(NC(=S)NC(=O)C(c4ccccc4)c4ccccc4)cc3n2)cc1Cl. The largest absolute Gasteiger partial charge is 0.495 e. The van der Waals surface area contributed by atoms with Crippen molar-refractivity contribution in [2.75, 3.05) is 12.4 Å². The fourth-order valence-corrected chi connectivity index (χ4v) is 4.49. The van der Waals surface area contributed by atoms with E-state index in [-0.39, 0.29) is 11.0 Å². The van der Waals surface area contributed by atoms with E-state index in [9.17, 15) is 4.79 Å². The lowest BCUT2D eigenvalue weighted by Gasteiger charge is -2.18. The molecule has 0 bridgehead atoms. The monoisotopic (exact) mass is 527 g/mol. The first-order valence-corrected chi connectivity index (χ1v) is 12.2. The van der Waals surface area contributed by atoms with Gasteiger partial charge in [-0.2, -0.15) is 4.80 Å². The first kappa shape index (κ1) is 24.4. The second-order valence-corrected chi connectivity index (χ2v) is 9.02. The number of carbonyl (C=O) groups excluding carboxylic acids is 1. The normalized spacial score (nSPS) is 10.9. The zero-order valence-electron chi connectivity index (χ0n) is 19.8. The van der Waals surface area contributed by atoms with Crippen molar-refractivity contribution in [3.8, 4) is 11.4 Å². The molecular weight excluding hydrogens is 506 g/mol. The Hall–Kier alpha value is -4.27. The van der Waals surface area contributed by atoms with Crippen molar-refractivity contribution >= 4 is 51.6 Å². The lowest BCUT2D eigenvalue weighted by atomic mass is 9.90. The van der Waals surface area contributed by atoms with E-state index in [1.54, 1.807) is 19.2 Å². The molecule has 9 heteroatoms. The summed E-state index contributed by atoms with van der Waals surface area (Å²) < 4.78 is 5.21. The highest BCUT2D eigenvalue weighted by Crippen LogP contribution is 2.27. The van der Waals surface area contributed by atoms with Crippen LogP contribution in [0, 0.1) is 0 Å². The molecule has 0 spiro atoms. The van der Waals surface area contributed by atoms with E-state index >= 15 is 0 Å². The molecule has 0 radical (unpaired) electrons. The third kappa shape index (κ3) is 5.45. The van der Waals surface area contributed by atoms with Crippen LogP contribution >= 0.6 is 23.8 Å². The maximum absolute atomic E-state index is 13.3. The number of ether oxygens (including phenoxy) is 1. The minimum Gasteiger partial charge on any atom is -0.495 e. The highest BCUT2D eigenvalue weighted by molar-refractivity contribution is 7.80. The van der Waals surface area contributed by atoms with Gasteiger partial charge in [-0.05, 0) is 59.7 Å². The topological polar surface area (TPSA) is 81.1 Å². The number of carbonyl (C=O) groups is 1. The van der Waals surface area contributed by atoms with Gasteiger partial charge in [0, 0.05) is 5.69 Å². The molecule has 4 aromatic carbocycles. The van der Waals surface area contributed by atoms with Crippen LogP contribution in [0.3, 0.4) is 0 Å². The summed E-state index contributed by atoms with van der Waals surface area (Å²) in [5.41, 5.74) is 4.48. The highest BCUT2D eigenvalue weighted by Gasteiger charge is 2.23. The maximum Gasteiger partial charge on any atom is 0.238 e. The van der Waals surface area contributed by atoms with Gasteiger partial charge in [0.1, 0.15) is 16.8 Å². The molecule has 1 heterocycles. The quantitative estimate of drug-likeness (QED) is 0.275. The Balaban J connectivity index is 1.33. The van der Waals surface area contributed by atoms with Gasteiger partial charge in [0.15, 0.2) is 5.11 Å². The Kier molecular flexibility index (Phi) is 7.11. The summed E-state index contributed by atoms with van der Waals surface area (Å²) in [6.07, 6.45) is 0. The van der Waals surface area contributed by atoms with Crippen LogP contribution in [-0.2, 0) is 4.79 Å². The lowest BCUT2D eigenvalue weighted by Crippen LogP contribution is -2.37. The van der Waals surface area contributed by atoms with Gasteiger partial charge in [-0.3, -0.25) is 4.79 Å². The van der Waals surface area contributed by atoms with Gasteiger partial charge in [0.2, 0.25) is 5.91 Å². The minimum absolute atomic E-state index is 0.190. The summed E-state index contributed by atoms with van der Waals surface area (Å²) in [4.78, 5) is 14.8. The van der Waals surface area contributed by atoms with Crippen LogP contribution in [-0.4, -0.2) is 33.1 Å². The van der Waals surface area contributed by atoms with E-state index in [1.165, 1.54) is 4.80 Å². The average molecular weight is 528 g/mol. The molecule has 184 valence electrons. The van der Waals surface area contributed by atoms with Crippen molar-refractivity contribution in [2.24, 2.45) is 0 Å². The van der Waals surface area contributed by atoms with E-state index in [4.69, 9.17) is 28.6 Å². The van der Waals surface area contributed by atoms with Gasteiger partial charge in [0.25, 0.3) is 0 Å². The van der Waals surface area contributed by atoms with Crippen LogP contribution in [0.2, 0.25) is 5.02 Å². The fourth-order valence-electron chi connectivity index (χ4n) is 4.02. The smallest absolute Gasteiger partial charge is 0.238 e. The van der Waals surface area contributed by atoms with Crippen LogP contribution in [0.25, 0.3) is 16.7 Å². The molecule has 1 amide bonds. The summed E-state index contributed by atoms with van der Waals surface area (Å²) in [5, 5.41) is 15.6. The van der Waals surface area contributed by atoms with Crippen LogP contribution in [0.1, 0.15) is 17.0 Å². The van der Waals surface area contributed by atoms with Crippen LogP contribution in [0.5, 0.6) is 5.75 Å². The molecule has 2 N–H and O–H groups in total. The molecule has 0 fully saturated rings. The Morgan fingerprint density at radius 1 is 0.892 bits per heavy atom. The van der Waals surface area contributed by atoms with Crippen molar-refractivity contribution in [2.45, 2.75) is 5.92 Å². The fraction of sp³-hybridized carbons (Fsp3) is 0.0714. The number of nitrogens with one attached hydrogen (secondary N) is 2. The zero-order chi connectivity index (χ0) is 25.8. The van der Waals surface area contributed by atoms with Crippen molar-refractivity contribution in [1.29, 1.82) is 0 Å². The highest BCUT2D eigenvalue weighted by atomic mass is 35.5. The molecule has 5 rings (SSSR count). The zero-order valence-corrected chi connectivity index (χ0v) is 21.3. The Morgan fingerprint density at radius 3 is 2.16 bits per heavy atom. The number of hydrogen-bond donors (Lipinski definition) is 2. The number of aromatic nitrogens is 3. The average Bonchev–Trinajstić information content (AvgIpc) is 3.33. The third-order valence-corrected chi connectivity index (χ3v) is 6.27. The van der Waals surface area contributed by atoms with Gasteiger partial charge >= 0.3 is 0 Å². The van der Waals surface area contributed by atoms with Crippen LogP contribution in [0.15, 0.2) is 97.1 Å². The molecule has 0 aliphatic rings. The van der Waals surface area contributed by atoms with Gasteiger partial charge < -0.3 is 15.4 Å². The first-order chi connectivity index (χ1) is 18.0.